The molecule has 4 heteroatoms. The van der Waals surface area contributed by atoms with Crippen LogP contribution in [0.4, 0.5) is 0 Å². The van der Waals surface area contributed by atoms with Crippen molar-refractivity contribution < 1.29 is 5.11 Å². The van der Waals surface area contributed by atoms with Gasteiger partial charge in [-0.15, -0.1) is 11.6 Å². The first-order valence-corrected chi connectivity index (χ1v) is 8.80. The third kappa shape index (κ3) is 3.69. The lowest BCUT2D eigenvalue weighted by molar-refractivity contribution is 0.0661. The largest absolute Gasteiger partial charge is 0.392 e. The lowest BCUT2D eigenvalue weighted by Gasteiger charge is -2.36. The molecule has 1 aliphatic rings. The molecule has 3 rings (SSSR count). The standard InChI is InChI=1S/C19H25ClN2O/c1-21-11-17(19(23)16-8-9-22-12-18(16)20)15-7-6-13-4-2-3-5-14(13)10-15/h2-7,10,16-19,21-23H,8-9,11-12H2,1H3/t16?,17-,18?,19+/m1/s1. The molecular formula is C19H25ClN2O. The minimum absolute atomic E-state index is 0.0152. The molecule has 0 saturated carbocycles. The van der Waals surface area contributed by atoms with Gasteiger partial charge in [0.25, 0.3) is 0 Å². The zero-order valence-electron chi connectivity index (χ0n) is 13.5. The van der Waals surface area contributed by atoms with E-state index in [1.807, 2.05) is 7.05 Å². The van der Waals surface area contributed by atoms with E-state index in [0.29, 0.717) is 0 Å². The van der Waals surface area contributed by atoms with Crippen LogP contribution in [0.1, 0.15) is 17.9 Å². The number of rotatable bonds is 5. The molecule has 124 valence electrons. The van der Waals surface area contributed by atoms with Crippen molar-refractivity contribution in [3.8, 4) is 0 Å². The van der Waals surface area contributed by atoms with E-state index in [2.05, 4.69) is 53.1 Å². The number of aliphatic hydroxyl groups is 1. The van der Waals surface area contributed by atoms with Crippen molar-refractivity contribution in [2.45, 2.75) is 23.8 Å². The van der Waals surface area contributed by atoms with Crippen molar-refractivity contribution in [3.05, 3.63) is 48.0 Å². The third-order valence-corrected chi connectivity index (χ3v) is 5.41. The fraction of sp³-hybridized carbons (Fsp3) is 0.474. The number of aliphatic hydroxyl groups excluding tert-OH is 1. The Balaban J connectivity index is 1.89. The number of hydrogen-bond acceptors (Lipinski definition) is 3. The Bertz CT molecular complexity index is 648. The highest BCUT2D eigenvalue weighted by atomic mass is 35.5. The predicted molar refractivity (Wildman–Crippen MR) is 97.2 cm³/mol. The van der Waals surface area contributed by atoms with Crippen LogP contribution >= 0.6 is 11.6 Å². The molecule has 1 saturated heterocycles. The molecule has 3 N–H and O–H groups in total. The molecule has 23 heavy (non-hydrogen) atoms. The Morgan fingerprint density at radius 1 is 1.26 bits per heavy atom. The fourth-order valence-electron chi connectivity index (χ4n) is 3.62. The van der Waals surface area contributed by atoms with Gasteiger partial charge in [0.1, 0.15) is 0 Å². The summed E-state index contributed by atoms with van der Waals surface area (Å²) in [6, 6.07) is 14.8. The molecule has 3 nitrogen and oxygen atoms in total. The number of fused-ring (bicyclic) bond motifs is 1. The van der Waals surface area contributed by atoms with Crippen LogP contribution < -0.4 is 10.6 Å². The first kappa shape index (κ1) is 16.7. The second-order valence-electron chi connectivity index (χ2n) is 6.43. The van der Waals surface area contributed by atoms with Crippen LogP contribution in [0, 0.1) is 5.92 Å². The van der Waals surface area contributed by atoms with Crippen molar-refractivity contribution in [1.29, 1.82) is 0 Å². The number of hydrogen-bond donors (Lipinski definition) is 3. The van der Waals surface area contributed by atoms with Gasteiger partial charge in [0.05, 0.1) is 11.5 Å². The van der Waals surface area contributed by atoms with Crippen molar-refractivity contribution in [2.75, 3.05) is 26.7 Å². The van der Waals surface area contributed by atoms with Crippen molar-refractivity contribution in [2.24, 2.45) is 5.92 Å². The highest BCUT2D eigenvalue weighted by molar-refractivity contribution is 6.21. The lowest BCUT2D eigenvalue weighted by Crippen LogP contribution is -2.46. The fourth-order valence-corrected chi connectivity index (χ4v) is 4.00. The maximum Gasteiger partial charge on any atom is 0.0664 e. The number of alkyl halides is 1. The van der Waals surface area contributed by atoms with E-state index in [-0.39, 0.29) is 17.2 Å². The van der Waals surface area contributed by atoms with E-state index in [1.165, 1.54) is 16.3 Å². The number of likely N-dealkylation sites (N-methyl/N-ethyl adjacent to an activating group) is 1. The van der Waals surface area contributed by atoms with Crippen molar-refractivity contribution in [1.82, 2.24) is 10.6 Å². The monoisotopic (exact) mass is 332 g/mol. The van der Waals surface area contributed by atoms with Crippen LogP contribution in [0.15, 0.2) is 42.5 Å². The average molecular weight is 333 g/mol. The van der Waals surface area contributed by atoms with Gasteiger partial charge in [0.15, 0.2) is 0 Å². The SMILES string of the molecule is CNC[C@H](c1ccc2ccccc2c1)[C@@H](O)C1CCNCC1Cl. The number of benzene rings is 2. The van der Waals surface area contributed by atoms with Gasteiger partial charge in [-0.2, -0.15) is 0 Å². The van der Waals surface area contributed by atoms with Gasteiger partial charge in [0, 0.05) is 24.9 Å². The van der Waals surface area contributed by atoms with E-state index in [0.717, 1.165) is 26.1 Å². The van der Waals surface area contributed by atoms with Crippen LogP contribution in [-0.2, 0) is 0 Å². The van der Waals surface area contributed by atoms with E-state index < -0.39 is 6.10 Å². The molecule has 1 aliphatic heterocycles. The molecule has 0 radical (unpaired) electrons. The van der Waals surface area contributed by atoms with Gasteiger partial charge < -0.3 is 15.7 Å². The average Bonchev–Trinajstić information content (AvgIpc) is 2.59. The molecule has 0 aliphatic carbocycles. The Kier molecular flexibility index (Phi) is 5.54. The quantitative estimate of drug-likeness (QED) is 0.738. The van der Waals surface area contributed by atoms with Gasteiger partial charge in [-0.25, -0.2) is 0 Å². The van der Waals surface area contributed by atoms with E-state index >= 15 is 0 Å². The van der Waals surface area contributed by atoms with Gasteiger partial charge in [-0.05, 0) is 36.3 Å². The zero-order chi connectivity index (χ0) is 16.2. The summed E-state index contributed by atoms with van der Waals surface area (Å²) in [6.45, 7) is 2.44. The first-order valence-electron chi connectivity index (χ1n) is 8.37. The Morgan fingerprint density at radius 3 is 2.78 bits per heavy atom. The summed E-state index contributed by atoms with van der Waals surface area (Å²) >= 11 is 6.46. The summed E-state index contributed by atoms with van der Waals surface area (Å²) in [4.78, 5) is 0. The molecular weight excluding hydrogens is 308 g/mol. The molecule has 0 aromatic heterocycles. The van der Waals surface area contributed by atoms with Crippen molar-refractivity contribution >= 4 is 22.4 Å². The zero-order valence-corrected chi connectivity index (χ0v) is 14.3. The topological polar surface area (TPSA) is 44.3 Å². The molecule has 0 amide bonds. The van der Waals surface area contributed by atoms with Gasteiger partial charge in [0.2, 0.25) is 0 Å². The van der Waals surface area contributed by atoms with Crippen molar-refractivity contribution in [3.63, 3.8) is 0 Å². The summed E-state index contributed by atoms with van der Waals surface area (Å²) in [5.41, 5.74) is 1.17. The number of halogens is 1. The smallest absolute Gasteiger partial charge is 0.0664 e. The van der Waals surface area contributed by atoms with Crippen LogP contribution in [0.2, 0.25) is 0 Å². The van der Waals surface area contributed by atoms with E-state index in [1.54, 1.807) is 0 Å². The van der Waals surface area contributed by atoms with Crippen LogP contribution in [0.25, 0.3) is 10.8 Å². The molecule has 2 aromatic carbocycles. The van der Waals surface area contributed by atoms with E-state index in [4.69, 9.17) is 11.6 Å². The number of nitrogens with one attached hydrogen (secondary N) is 2. The molecule has 0 bridgehead atoms. The number of piperidine rings is 1. The van der Waals surface area contributed by atoms with Gasteiger partial charge in [-0.1, -0.05) is 42.5 Å². The second-order valence-corrected chi connectivity index (χ2v) is 6.99. The molecule has 2 aromatic rings. The molecule has 4 atom stereocenters. The highest BCUT2D eigenvalue weighted by Crippen LogP contribution is 2.32. The summed E-state index contributed by atoms with van der Waals surface area (Å²) in [5.74, 6) is 0.177. The summed E-state index contributed by atoms with van der Waals surface area (Å²) < 4.78 is 0. The normalized spacial score (nSPS) is 24.5. The van der Waals surface area contributed by atoms with Crippen LogP contribution in [0.3, 0.4) is 0 Å². The van der Waals surface area contributed by atoms with Crippen LogP contribution in [-0.4, -0.2) is 43.3 Å². The molecule has 1 heterocycles. The minimum Gasteiger partial charge on any atom is -0.392 e. The summed E-state index contributed by atoms with van der Waals surface area (Å²) in [6.07, 6.45) is 0.483. The Labute approximate surface area is 143 Å². The molecule has 2 unspecified atom stereocenters. The predicted octanol–water partition coefficient (Wildman–Crippen LogP) is 2.72. The second kappa shape index (κ2) is 7.63. The third-order valence-electron chi connectivity index (χ3n) is 4.93. The summed E-state index contributed by atoms with van der Waals surface area (Å²) in [7, 11) is 1.93. The molecule has 1 fully saturated rings. The van der Waals surface area contributed by atoms with Crippen LogP contribution in [0.5, 0.6) is 0 Å². The summed E-state index contributed by atoms with van der Waals surface area (Å²) in [5, 5.41) is 20.0. The maximum absolute atomic E-state index is 11.0. The highest BCUT2D eigenvalue weighted by Gasteiger charge is 2.34. The van der Waals surface area contributed by atoms with E-state index in [9.17, 15) is 5.11 Å². The Hall–Kier alpha value is -1.13. The minimum atomic E-state index is -0.437. The maximum atomic E-state index is 11.0. The Morgan fingerprint density at radius 2 is 2.04 bits per heavy atom. The first-order chi connectivity index (χ1) is 11.2. The van der Waals surface area contributed by atoms with Gasteiger partial charge >= 0.3 is 0 Å². The lowest BCUT2D eigenvalue weighted by atomic mass is 9.80. The van der Waals surface area contributed by atoms with Gasteiger partial charge in [-0.3, -0.25) is 0 Å². The molecule has 0 spiro atoms.